The van der Waals surface area contributed by atoms with Gasteiger partial charge in [0.05, 0.1) is 13.0 Å². The minimum Gasteiger partial charge on any atom is -0.469 e. The number of carbonyl (C=O) groups is 1. The Morgan fingerprint density at radius 1 is 1.31 bits per heavy atom. The molecule has 2 aliphatic rings. The van der Waals surface area contributed by atoms with Gasteiger partial charge in [0.25, 0.3) is 0 Å². The summed E-state index contributed by atoms with van der Waals surface area (Å²) in [5.74, 6) is 1.25. The van der Waals surface area contributed by atoms with Crippen molar-refractivity contribution in [2.75, 3.05) is 20.2 Å². The second kappa shape index (κ2) is 3.66. The van der Waals surface area contributed by atoms with Crippen molar-refractivity contribution in [3.63, 3.8) is 0 Å². The predicted octanol–water partition coefficient (Wildman–Crippen LogP) is 0.795. The molecule has 3 nitrogen and oxygen atoms in total. The maximum Gasteiger partial charge on any atom is 0.309 e. The Labute approximate surface area is 78.8 Å². The molecule has 0 amide bonds. The van der Waals surface area contributed by atoms with E-state index in [1.165, 1.54) is 26.4 Å². The summed E-state index contributed by atoms with van der Waals surface area (Å²) in [6.45, 7) is 1.99. The van der Waals surface area contributed by atoms with Crippen molar-refractivity contribution in [1.29, 1.82) is 0 Å². The summed E-state index contributed by atoms with van der Waals surface area (Å²) in [6.07, 6.45) is 3.65. The van der Waals surface area contributed by atoms with E-state index in [0.29, 0.717) is 11.8 Å². The van der Waals surface area contributed by atoms with Gasteiger partial charge in [-0.15, -0.1) is 0 Å². The molecule has 1 saturated heterocycles. The number of fused-ring (bicyclic) bond motifs is 2. The molecule has 1 aliphatic heterocycles. The summed E-state index contributed by atoms with van der Waals surface area (Å²) >= 11 is 0. The smallest absolute Gasteiger partial charge is 0.309 e. The van der Waals surface area contributed by atoms with Crippen LogP contribution in [0, 0.1) is 17.8 Å². The normalized spacial score (nSPS) is 38.4. The Morgan fingerprint density at radius 2 is 1.92 bits per heavy atom. The third-order valence-electron chi connectivity index (χ3n) is 3.45. The van der Waals surface area contributed by atoms with Crippen LogP contribution in [0.15, 0.2) is 0 Å². The van der Waals surface area contributed by atoms with Crippen molar-refractivity contribution in [3.8, 4) is 0 Å². The lowest BCUT2D eigenvalue weighted by Crippen LogP contribution is -2.49. The van der Waals surface area contributed by atoms with E-state index in [9.17, 15) is 4.79 Å². The molecule has 74 valence electrons. The van der Waals surface area contributed by atoms with E-state index in [2.05, 4.69) is 5.32 Å². The molecule has 1 N–H and O–H groups in total. The summed E-state index contributed by atoms with van der Waals surface area (Å²) in [4.78, 5) is 11.5. The molecule has 1 heterocycles. The Bertz CT molecular complexity index is 183. The maximum absolute atomic E-state index is 11.5. The zero-order valence-corrected chi connectivity index (χ0v) is 8.08. The van der Waals surface area contributed by atoms with Crippen molar-refractivity contribution in [3.05, 3.63) is 0 Å². The zero-order chi connectivity index (χ0) is 9.26. The zero-order valence-electron chi connectivity index (χ0n) is 8.08. The van der Waals surface area contributed by atoms with E-state index < -0.39 is 0 Å². The standard InChI is InChI=1S/C10H17NO2/c1-13-10(12)9-7-3-2-4-8(9)6-11-5-7/h7-9,11H,2-6H2,1H3. The molecule has 1 saturated carbocycles. The van der Waals surface area contributed by atoms with Crippen molar-refractivity contribution in [2.45, 2.75) is 19.3 Å². The van der Waals surface area contributed by atoms with Crippen LogP contribution in [0.4, 0.5) is 0 Å². The monoisotopic (exact) mass is 183 g/mol. The van der Waals surface area contributed by atoms with E-state index in [-0.39, 0.29) is 11.9 Å². The summed E-state index contributed by atoms with van der Waals surface area (Å²) in [6, 6.07) is 0. The van der Waals surface area contributed by atoms with Crippen molar-refractivity contribution >= 4 is 5.97 Å². The first-order valence-corrected chi connectivity index (χ1v) is 5.11. The van der Waals surface area contributed by atoms with Crippen LogP contribution < -0.4 is 5.32 Å². The quantitative estimate of drug-likeness (QED) is 0.611. The molecule has 2 fully saturated rings. The lowest BCUT2D eigenvalue weighted by Gasteiger charge is -2.41. The van der Waals surface area contributed by atoms with Crippen LogP contribution in [0.3, 0.4) is 0 Å². The van der Waals surface area contributed by atoms with Crippen molar-refractivity contribution in [2.24, 2.45) is 17.8 Å². The Morgan fingerprint density at radius 3 is 2.46 bits per heavy atom. The second-order valence-corrected chi connectivity index (χ2v) is 4.16. The van der Waals surface area contributed by atoms with Crippen LogP contribution in [0.1, 0.15) is 19.3 Å². The summed E-state index contributed by atoms with van der Waals surface area (Å²) < 4.78 is 4.86. The van der Waals surface area contributed by atoms with Gasteiger partial charge in [0.15, 0.2) is 0 Å². The number of piperidine rings is 1. The van der Waals surface area contributed by atoms with Gasteiger partial charge in [-0.25, -0.2) is 0 Å². The minimum absolute atomic E-state index is 0.0104. The average Bonchev–Trinajstić information content (AvgIpc) is 2.15. The maximum atomic E-state index is 11.5. The molecule has 2 bridgehead atoms. The second-order valence-electron chi connectivity index (χ2n) is 4.16. The van der Waals surface area contributed by atoms with E-state index >= 15 is 0 Å². The number of nitrogens with one attached hydrogen (secondary N) is 1. The van der Waals surface area contributed by atoms with Crippen LogP contribution in [0.25, 0.3) is 0 Å². The van der Waals surface area contributed by atoms with Gasteiger partial charge in [-0.05, 0) is 37.8 Å². The predicted molar refractivity (Wildman–Crippen MR) is 49.2 cm³/mol. The molecular formula is C10H17NO2. The number of methoxy groups -OCH3 is 1. The Balaban J connectivity index is 2.10. The first-order chi connectivity index (χ1) is 6.33. The van der Waals surface area contributed by atoms with Crippen molar-refractivity contribution in [1.82, 2.24) is 5.32 Å². The molecule has 13 heavy (non-hydrogen) atoms. The lowest BCUT2D eigenvalue weighted by molar-refractivity contribution is -0.152. The number of ether oxygens (including phenoxy) is 1. The lowest BCUT2D eigenvalue weighted by atomic mass is 9.69. The van der Waals surface area contributed by atoms with E-state index in [0.717, 1.165) is 13.1 Å². The molecule has 2 unspecified atom stereocenters. The Hall–Kier alpha value is -0.570. The number of hydrogen-bond acceptors (Lipinski definition) is 3. The average molecular weight is 183 g/mol. The van der Waals surface area contributed by atoms with Crippen LogP contribution in [0.5, 0.6) is 0 Å². The topological polar surface area (TPSA) is 38.3 Å². The molecule has 0 aromatic rings. The van der Waals surface area contributed by atoms with Gasteiger partial charge in [-0.3, -0.25) is 4.79 Å². The number of esters is 1. The summed E-state index contributed by atoms with van der Waals surface area (Å²) in [5.41, 5.74) is 0. The van der Waals surface area contributed by atoms with Gasteiger partial charge in [0, 0.05) is 0 Å². The number of carbonyl (C=O) groups excluding carboxylic acids is 1. The van der Waals surface area contributed by atoms with Gasteiger partial charge in [0.2, 0.25) is 0 Å². The van der Waals surface area contributed by atoms with E-state index in [1.54, 1.807) is 0 Å². The molecule has 0 aromatic carbocycles. The first kappa shape index (κ1) is 9.00. The van der Waals surface area contributed by atoms with Gasteiger partial charge in [-0.1, -0.05) is 6.42 Å². The third kappa shape index (κ3) is 1.57. The fraction of sp³-hybridized carbons (Fsp3) is 0.900. The molecule has 3 heteroatoms. The van der Waals surface area contributed by atoms with Crippen LogP contribution in [-0.2, 0) is 9.53 Å². The number of rotatable bonds is 1. The fourth-order valence-electron chi connectivity index (χ4n) is 2.82. The third-order valence-corrected chi connectivity index (χ3v) is 3.45. The fourth-order valence-corrected chi connectivity index (χ4v) is 2.82. The number of hydrogen-bond donors (Lipinski definition) is 1. The first-order valence-electron chi connectivity index (χ1n) is 5.11. The molecule has 0 spiro atoms. The van der Waals surface area contributed by atoms with Gasteiger partial charge < -0.3 is 10.1 Å². The molecule has 2 atom stereocenters. The molecule has 1 aliphatic carbocycles. The van der Waals surface area contributed by atoms with E-state index in [1.807, 2.05) is 0 Å². The minimum atomic E-state index is 0.0104. The highest BCUT2D eigenvalue weighted by Crippen LogP contribution is 2.37. The highest BCUT2D eigenvalue weighted by atomic mass is 16.5. The Kier molecular flexibility index (Phi) is 2.54. The van der Waals surface area contributed by atoms with Crippen LogP contribution >= 0.6 is 0 Å². The van der Waals surface area contributed by atoms with E-state index in [4.69, 9.17) is 4.74 Å². The highest BCUT2D eigenvalue weighted by molar-refractivity contribution is 5.73. The summed E-state index contributed by atoms with van der Waals surface area (Å²) in [5, 5.41) is 3.39. The van der Waals surface area contributed by atoms with Crippen molar-refractivity contribution < 1.29 is 9.53 Å². The molecule has 0 aromatic heterocycles. The molecular weight excluding hydrogens is 166 g/mol. The van der Waals surface area contributed by atoms with Gasteiger partial charge >= 0.3 is 5.97 Å². The summed E-state index contributed by atoms with van der Waals surface area (Å²) in [7, 11) is 1.50. The molecule has 0 radical (unpaired) electrons. The highest BCUT2D eigenvalue weighted by Gasteiger charge is 2.41. The van der Waals surface area contributed by atoms with Gasteiger partial charge in [-0.2, -0.15) is 0 Å². The van der Waals surface area contributed by atoms with Crippen LogP contribution in [0.2, 0.25) is 0 Å². The SMILES string of the molecule is COC(=O)C1C2CCCC1CNC2. The largest absolute Gasteiger partial charge is 0.469 e. The van der Waals surface area contributed by atoms with Crippen LogP contribution in [-0.4, -0.2) is 26.2 Å². The molecule has 2 rings (SSSR count). The van der Waals surface area contributed by atoms with Gasteiger partial charge in [0.1, 0.15) is 0 Å².